The molecule has 2 atom stereocenters. The summed E-state index contributed by atoms with van der Waals surface area (Å²) in [6.45, 7) is 6.12. The Bertz CT molecular complexity index is 464. The summed E-state index contributed by atoms with van der Waals surface area (Å²) in [6, 6.07) is 6.33. The molecule has 1 aromatic carbocycles. The molecule has 3 rings (SSSR count). The molecule has 3 nitrogen and oxygen atoms in total. The van der Waals surface area contributed by atoms with Crippen molar-refractivity contribution in [3.63, 3.8) is 0 Å². The Labute approximate surface area is 115 Å². The molecule has 1 aromatic rings. The van der Waals surface area contributed by atoms with Crippen LogP contribution in [0.4, 0.5) is 0 Å². The number of aliphatic hydroxyl groups is 1. The van der Waals surface area contributed by atoms with E-state index in [1.54, 1.807) is 0 Å². The third-order valence-electron chi connectivity index (χ3n) is 4.39. The molecule has 104 valence electrons. The van der Waals surface area contributed by atoms with Gasteiger partial charge in [-0.2, -0.15) is 0 Å². The van der Waals surface area contributed by atoms with Gasteiger partial charge < -0.3 is 15.2 Å². The van der Waals surface area contributed by atoms with Gasteiger partial charge in [-0.1, -0.05) is 26.3 Å². The smallest absolute Gasteiger partial charge is 0.123 e. The minimum atomic E-state index is -0.415. The van der Waals surface area contributed by atoms with Crippen LogP contribution in [0.1, 0.15) is 50.3 Å². The van der Waals surface area contributed by atoms with E-state index in [-0.39, 0.29) is 11.5 Å². The van der Waals surface area contributed by atoms with Gasteiger partial charge in [-0.15, -0.1) is 0 Å². The van der Waals surface area contributed by atoms with E-state index in [2.05, 4.69) is 25.2 Å². The number of aliphatic hydroxyl groups excluding tert-OH is 1. The largest absolute Gasteiger partial charge is 0.492 e. The summed E-state index contributed by atoms with van der Waals surface area (Å²) in [5, 5.41) is 14.0. The number of nitrogens with one attached hydrogen (secondary N) is 1. The summed E-state index contributed by atoms with van der Waals surface area (Å²) in [7, 11) is 0. The van der Waals surface area contributed by atoms with Crippen molar-refractivity contribution in [1.82, 2.24) is 5.32 Å². The first-order chi connectivity index (χ1) is 9.08. The summed E-state index contributed by atoms with van der Waals surface area (Å²) >= 11 is 0. The van der Waals surface area contributed by atoms with Crippen molar-refractivity contribution in [3.8, 4) is 5.75 Å². The van der Waals surface area contributed by atoms with Crippen LogP contribution in [-0.4, -0.2) is 24.3 Å². The summed E-state index contributed by atoms with van der Waals surface area (Å²) in [6.07, 6.45) is 3.06. The van der Waals surface area contributed by atoms with Crippen molar-refractivity contribution in [2.24, 2.45) is 0 Å². The molecule has 3 heteroatoms. The Morgan fingerprint density at radius 3 is 2.95 bits per heavy atom. The molecule has 2 aliphatic rings. The van der Waals surface area contributed by atoms with Crippen LogP contribution in [0.2, 0.25) is 0 Å². The Morgan fingerprint density at radius 2 is 2.21 bits per heavy atom. The van der Waals surface area contributed by atoms with Crippen LogP contribution in [0, 0.1) is 0 Å². The van der Waals surface area contributed by atoms with E-state index in [0.717, 1.165) is 30.9 Å². The molecule has 0 aromatic heterocycles. The first kappa shape index (κ1) is 12.9. The van der Waals surface area contributed by atoms with Crippen LogP contribution < -0.4 is 10.1 Å². The average molecular weight is 261 g/mol. The van der Waals surface area contributed by atoms with Gasteiger partial charge in [0.2, 0.25) is 0 Å². The molecule has 2 heterocycles. The van der Waals surface area contributed by atoms with E-state index in [4.69, 9.17) is 4.74 Å². The molecule has 2 aliphatic heterocycles. The van der Waals surface area contributed by atoms with E-state index in [1.807, 2.05) is 12.1 Å². The topological polar surface area (TPSA) is 41.5 Å². The first-order valence-electron chi connectivity index (χ1n) is 7.27. The fourth-order valence-corrected chi connectivity index (χ4v) is 3.10. The van der Waals surface area contributed by atoms with Gasteiger partial charge in [0.1, 0.15) is 5.75 Å². The number of piperidine rings is 1. The molecular weight excluding hydrogens is 238 g/mol. The van der Waals surface area contributed by atoms with Gasteiger partial charge in [0.15, 0.2) is 0 Å². The van der Waals surface area contributed by atoms with Crippen LogP contribution in [0.15, 0.2) is 18.2 Å². The molecule has 0 saturated carbocycles. The molecule has 2 unspecified atom stereocenters. The van der Waals surface area contributed by atoms with Crippen LogP contribution in [-0.2, 0) is 5.41 Å². The van der Waals surface area contributed by atoms with E-state index in [1.165, 1.54) is 18.4 Å². The second-order valence-electron chi connectivity index (χ2n) is 6.43. The SMILES string of the molecule is CC1(C)COc2ccc(C(O)C3CCCCN3)cc21. The lowest BCUT2D eigenvalue weighted by Gasteiger charge is -2.28. The van der Waals surface area contributed by atoms with Crippen LogP contribution >= 0.6 is 0 Å². The Balaban J connectivity index is 1.85. The highest BCUT2D eigenvalue weighted by Gasteiger charge is 2.33. The maximum Gasteiger partial charge on any atom is 0.123 e. The quantitative estimate of drug-likeness (QED) is 0.859. The lowest BCUT2D eigenvalue weighted by molar-refractivity contribution is 0.114. The highest BCUT2D eigenvalue weighted by molar-refractivity contribution is 5.45. The van der Waals surface area contributed by atoms with Crippen molar-refractivity contribution in [2.75, 3.05) is 13.2 Å². The predicted octanol–water partition coefficient (Wildman–Crippen LogP) is 2.53. The Hall–Kier alpha value is -1.06. The van der Waals surface area contributed by atoms with E-state index in [9.17, 15) is 5.11 Å². The maximum absolute atomic E-state index is 10.5. The molecule has 0 aliphatic carbocycles. The van der Waals surface area contributed by atoms with Gasteiger partial charge in [0.25, 0.3) is 0 Å². The second-order valence-corrected chi connectivity index (χ2v) is 6.43. The number of benzene rings is 1. The van der Waals surface area contributed by atoms with Crippen molar-refractivity contribution in [2.45, 2.75) is 50.7 Å². The van der Waals surface area contributed by atoms with E-state index in [0.29, 0.717) is 0 Å². The summed E-state index contributed by atoms with van der Waals surface area (Å²) in [4.78, 5) is 0. The minimum absolute atomic E-state index is 0.0467. The van der Waals surface area contributed by atoms with Crippen LogP contribution in [0.5, 0.6) is 5.75 Å². The fourth-order valence-electron chi connectivity index (χ4n) is 3.10. The predicted molar refractivity (Wildman–Crippen MR) is 75.6 cm³/mol. The second kappa shape index (κ2) is 4.80. The van der Waals surface area contributed by atoms with Gasteiger partial charge in [-0.25, -0.2) is 0 Å². The fraction of sp³-hybridized carbons (Fsp3) is 0.625. The van der Waals surface area contributed by atoms with E-state index >= 15 is 0 Å². The summed E-state index contributed by atoms with van der Waals surface area (Å²) < 4.78 is 5.70. The number of rotatable bonds is 2. The normalized spacial score (nSPS) is 26.6. The zero-order valence-electron chi connectivity index (χ0n) is 11.8. The molecule has 0 radical (unpaired) electrons. The number of hydrogen-bond donors (Lipinski definition) is 2. The highest BCUT2D eigenvalue weighted by Crippen LogP contribution is 2.40. The number of fused-ring (bicyclic) bond motifs is 1. The summed E-state index contributed by atoms with van der Waals surface area (Å²) in [5.74, 6) is 0.970. The Kier molecular flexibility index (Phi) is 3.27. The van der Waals surface area contributed by atoms with Crippen LogP contribution in [0.25, 0.3) is 0 Å². The number of ether oxygens (including phenoxy) is 1. The number of hydrogen-bond acceptors (Lipinski definition) is 3. The van der Waals surface area contributed by atoms with Crippen molar-refractivity contribution < 1.29 is 9.84 Å². The molecule has 1 fully saturated rings. The standard InChI is InChI=1S/C16H23NO2/c1-16(2)10-19-14-7-6-11(9-12(14)16)15(18)13-5-3-4-8-17-13/h6-7,9,13,15,17-18H,3-5,8,10H2,1-2H3. The molecule has 2 N–H and O–H groups in total. The highest BCUT2D eigenvalue weighted by atomic mass is 16.5. The van der Waals surface area contributed by atoms with Crippen molar-refractivity contribution in [3.05, 3.63) is 29.3 Å². The van der Waals surface area contributed by atoms with Crippen molar-refractivity contribution in [1.29, 1.82) is 0 Å². The lowest BCUT2D eigenvalue weighted by Crippen LogP contribution is -2.38. The van der Waals surface area contributed by atoms with Crippen LogP contribution in [0.3, 0.4) is 0 Å². The van der Waals surface area contributed by atoms with Gasteiger partial charge >= 0.3 is 0 Å². The molecule has 0 bridgehead atoms. The average Bonchev–Trinajstić information content (AvgIpc) is 2.74. The third kappa shape index (κ3) is 2.37. The third-order valence-corrected chi connectivity index (χ3v) is 4.39. The molecule has 1 saturated heterocycles. The van der Waals surface area contributed by atoms with E-state index < -0.39 is 6.10 Å². The van der Waals surface area contributed by atoms with Gasteiger partial charge in [0.05, 0.1) is 12.7 Å². The monoisotopic (exact) mass is 261 g/mol. The molecule has 0 amide bonds. The minimum Gasteiger partial charge on any atom is -0.492 e. The summed E-state index contributed by atoms with van der Waals surface area (Å²) in [5.41, 5.74) is 2.28. The van der Waals surface area contributed by atoms with Gasteiger partial charge in [0, 0.05) is 17.0 Å². The van der Waals surface area contributed by atoms with Gasteiger partial charge in [-0.3, -0.25) is 0 Å². The van der Waals surface area contributed by atoms with Crippen molar-refractivity contribution >= 4 is 0 Å². The zero-order valence-corrected chi connectivity index (χ0v) is 11.8. The molecule has 19 heavy (non-hydrogen) atoms. The zero-order chi connectivity index (χ0) is 13.5. The molecular formula is C16H23NO2. The first-order valence-corrected chi connectivity index (χ1v) is 7.27. The van der Waals surface area contributed by atoms with Gasteiger partial charge in [-0.05, 0) is 37.1 Å². The lowest BCUT2D eigenvalue weighted by atomic mass is 9.84. The maximum atomic E-state index is 10.5. The Morgan fingerprint density at radius 1 is 1.37 bits per heavy atom. The molecule has 0 spiro atoms.